The smallest absolute Gasteiger partial charge is 0.166 e. The predicted octanol–water partition coefficient (Wildman–Crippen LogP) is 3.23. The second-order valence-electron chi connectivity index (χ2n) is 4.13. The van der Waals surface area contributed by atoms with E-state index in [0.717, 1.165) is 10.0 Å². The van der Waals surface area contributed by atoms with E-state index in [1.807, 2.05) is 38.1 Å². The molecule has 1 aromatic rings. The zero-order valence-electron chi connectivity index (χ0n) is 9.87. The number of ketones is 1. The lowest BCUT2D eigenvalue weighted by Crippen LogP contribution is -2.29. The van der Waals surface area contributed by atoms with Crippen molar-refractivity contribution in [2.75, 3.05) is 7.11 Å². The molecule has 0 N–H and O–H groups in total. The normalized spacial score (nSPS) is 12.8. The van der Waals surface area contributed by atoms with Crippen LogP contribution >= 0.6 is 15.9 Å². The fourth-order valence-corrected chi connectivity index (χ4v) is 2.13. The molecule has 1 atom stereocenters. The van der Waals surface area contributed by atoms with E-state index in [2.05, 4.69) is 15.9 Å². The number of Topliss-reactive ketones (excluding diaryl/α,β-unsaturated/α-hetero) is 1. The summed E-state index contributed by atoms with van der Waals surface area (Å²) in [7, 11) is 1.59. The molecule has 0 amide bonds. The van der Waals surface area contributed by atoms with E-state index in [4.69, 9.17) is 4.74 Å². The fraction of sp³-hybridized carbons (Fsp3) is 0.462. The average Bonchev–Trinajstić information content (AvgIpc) is 2.22. The maximum Gasteiger partial charge on any atom is 0.166 e. The Hall–Kier alpha value is -0.670. The first-order chi connectivity index (χ1) is 7.56. The van der Waals surface area contributed by atoms with Gasteiger partial charge in [-0.2, -0.15) is 0 Å². The summed E-state index contributed by atoms with van der Waals surface area (Å²) in [5.41, 5.74) is 1.01. The summed E-state index contributed by atoms with van der Waals surface area (Å²) in [6.45, 7) is 3.98. The first-order valence-electron chi connectivity index (χ1n) is 5.35. The van der Waals surface area contributed by atoms with Crippen molar-refractivity contribution in [2.24, 2.45) is 5.92 Å². The van der Waals surface area contributed by atoms with Crippen molar-refractivity contribution >= 4 is 21.7 Å². The van der Waals surface area contributed by atoms with Crippen LogP contribution in [-0.2, 0) is 16.0 Å². The fourth-order valence-electron chi connectivity index (χ4n) is 1.71. The number of hydrogen-bond acceptors (Lipinski definition) is 2. The molecule has 2 nitrogen and oxygen atoms in total. The number of rotatable bonds is 5. The van der Waals surface area contributed by atoms with Crippen LogP contribution in [0.15, 0.2) is 28.7 Å². The summed E-state index contributed by atoms with van der Waals surface area (Å²) in [5.74, 6) is 0.337. The van der Waals surface area contributed by atoms with Gasteiger partial charge < -0.3 is 4.74 Å². The molecule has 0 saturated carbocycles. The van der Waals surface area contributed by atoms with E-state index in [-0.39, 0.29) is 17.8 Å². The lowest BCUT2D eigenvalue weighted by Gasteiger charge is -2.18. The van der Waals surface area contributed by atoms with Crippen molar-refractivity contribution in [3.63, 3.8) is 0 Å². The number of halogens is 1. The van der Waals surface area contributed by atoms with Crippen LogP contribution in [0.5, 0.6) is 0 Å². The third-order valence-corrected chi connectivity index (χ3v) is 3.27. The molecular formula is C13H17BrO2. The maximum absolute atomic E-state index is 12.0. The molecule has 0 fully saturated rings. The van der Waals surface area contributed by atoms with Gasteiger partial charge in [-0.05, 0) is 17.5 Å². The van der Waals surface area contributed by atoms with Crippen LogP contribution in [0.4, 0.5) is 0 Å². The van der Waals surface area contributed by atoms with E-state index in [1.165, 1.54) is 0 Å². The van der Waals surface area contributed by atoms with E-state index in [9.17, 15) is 4.79 Å². The van der Waals surface area contributed by atoms with Crippen molar-refractivity contribution < 1.29 is 9.53 Å². The minimum absolute atomic E-state index is 0.129. The molecule has 0 spiro atoms. The summed E-state index contributed by atoms with van der Waals surface area (Å²) in [6, 6.07) is 7.77. The van der Waals surface area contributed by atoms with Crippen molar-refractivity contribution in [1.82, 2.24) is 0 Å². The van der Waals surface area contributed by atoms with Crippen molar-refractivity contribution in [2.45, 2.75) is 26.4 Å². The molecule has 3 heteroatoms. The molecule has 1 rings (SSSR count). The van der Waals surface area contributed by atoms with Crippen LogP contribution in [-0.4, -0.2) is 19.0 Å². The van der Waals surface area contributed by atoms with E-state index in [1.54, 1.807) is 7.11 Å². The van der Waals surface area contributed by atoms with Crippen LogP contribution in [0.2, 0.25) is 0 Å². The average molecular weight is 285 g/mol. The Morgan fingerprint density at radius 3 is 2.50 bits per heavy atom. The summed E-state index contributed by atoms with van der Waals surface area (Å²) < 4.78 is 6.19. The van der Waals surface area contributed by atoms with Crippen LogP contribution in [0.25, 0.3) is 0 Å². The highest BCUT2D eigenvalue weighted by molar-refractivity contribution is 9.10. The van der Waals surface area contributed by atoms with Crippen molar-refractivity contribution in [3.8, 4) is 0 Å². The predicted molar refractivity (Wildman–Crippen MR) is 68.5 cm³/mol. The zero-order valence-corrected chi connectivity index (χ0v) is 11.5. The monoisotopic (exact) mass is 284 g/mol. The molecule has 1 aromatic carbocycles. The third-order valence-electron chi connectivity index (χ3n) is 2.50. The van der Waals surface area contributed by atoms with Crippen LogP contribution in [0.3, 0.4) is 0 Å². The Balaban J connectivity index is 2.74. The molecule has 0 radical (unpaired) electrons. The van der Waals surface area contributed by atoms with Gasteiger partial charge >= 0.3 is 0 Å². The largest absolute Gasteiger partial charge is 0.373 e. The van der Waals surface area contributed by atoms with E-state index in [0.29, 0.717) is 6.42 Å². The highest BCUT2D eigenvalue weighted by Crippen LogP contribution is 2.18. The van der Waals surface area contributed by atoms with Crippen LogP contribution in [0.1, 0.15) is 19.4 Å². The van der Waals surface area contributed by atoms with E-state index < -0.39 is 0 Å². The van der Waals surface area contributed by atoms with Gasteiger partial charge in [0.2, 0.25) is 0 Å². The van der Waals surface area contributed by atoms with Gasteiger partial charge in [-0.15, -0.1) is 0 Å². The quantitative estimate of drug-likeness (QED) is 0.830. The number of ether oxygens (including phenoxy) is 1. The van der Waals surface area contributed by atoms with Gasteiger partial charge in [-0.1, -0.05) is 48.0 Å². The SMILES string of the molecule is COC(C(=O)Cc1ccccc1Br)C(C)C. The maximum atomic E-state index is 12.0. The van der Waals surface area contributed by atoms with Crippen LogP contribution in [0, 0.1) is 5.92 Å². The molecule has 0 aliphatic heterocycles. The Morgan fingerprint density at radius 2 is 2.00 bits per heavy atom. The number of benzene rings is 1. The molecule has 0 saturated heterocycles. The van der Waals surface area contributed by atoms with E-state index >= 15 is 0 Å². The Kier molecular flexibility index (Phi) is 5.16. The second kappa shape index (κ2) is 6.16. The standard InChI is InChI=1S/C13H17BrO2/c1-9(2)13(16-3)12(15)8-10-6-4-5-7-11(10)14/h4-7,9,13H,8H2,1-3H3. The molecule has 1 unspecified atom stereocenters. The Labute approximate surface area is 105 Å². The Morgan fingerprint density at radius 1 is 1.38 bits per heavy atom. The lowest BCUT2D eigenvalue weighted by atomic mass is 9.98. The van der Waals surface area contributed by atoms with Gasteiger partial charge in [-0.25, -0.2) is 0 Å². The number of carbonyl (C=O) groups excluding carboxylic acids is 1. The highest BCUT2D eigenvalue weighted by atomic mass is 79.9. The van der Waals surface area contributed by atoms with Gasteiger partial charge in [0, 0.05) is 18.0 Å². The lowest BCUT2D eigenvalue weighted by molar-refractivity contribution is -0.130. The van der Waals surface area contributed by atoms with Gasteiger partial charge in [0.05, 0.1) is 0 Å². The summed E-state index contributed by atoms with van der Waals surface area (Å²) in [6.07, 6.45) is 0.102. The molecule has 0 aromatic heterocycles. The summed E-state index contributed by atoms with van der Waals surface area (Å²) in [4.78, 5) is 12.0. The van der Waals surface area contributed by atoms with Crippen molar-refractivity contribution in [3.05, 3.63) is 34.3 Å². The topological polar surface area (TPSA) is 26.3 Å². The highest BCUT2D eigenvalue weighted by Gasteiger charge is 2.21. The zero-order chi connectivity index (χ0) is 12.1. The molecule has 88 valence electrons. The first-order valence-corrected chi connectivity index (χ1v) is 6.14. The summed E-state index contributed by atoms with van der Waals surface area (Å²) >= 11 is 3.44. The molecule has 0 aliphatic carbocycles. The molecule has 16 heavy (non-hydrogen) atoms. The van der Waals surface area contributed by atoms with Crippen molar-refractivity contribution in [1.29, 1.82) is 0 Å². The van der Waals surface area contributed by atoms with Crippen LogP contribution < -0.4 is 0 Å². The Bertz CT molecular complexity index is 361. The molecule has 0 bridgehead atoms. The third kappa shape index (κ3) is 3.42. The first kappa shape index (κ1) is 13.4. The van der Waals surface area contributed by atoms with Gasteiger partial charge in [-0.3, -0.25) is 4.79 Å². The molecular weight excluding hydrogens is 268 g/mol. The van der Waals surface area contributed by atoms with Gasteiger partial charge in [0.1, 0.15) is 6.10 Å². The minimum atomic E-state index is -0.313. The van der Waals surface area contributed by atoms with Gasteiger partial charge in [0.15, 0.2) is 5.78 Å². The van der Waals surface area contributed by atoms with Gasteiger partial charge in [0.25, 0.3) is 0 Å². The number of hydrogen-bond donors (Lipinski definition) is 0. The number of carbonyl (C=O) groups is 1. The summed E-state index contributed by atoms with van der Waals surface area (Å²) in [5, 5.41) is 0. The minimum Gasteiger partial charge on any atom is -0.373 e. The second-order valence-corrected chi connectivity index (χ2v) is 4.99. The number of methoxy groups -OCH3 is 1. The molecule has 0 aliphatic rings. The molecule has 0 heterocycles.